The van der Waals surface area contributed by atoms with Crippen LogP contribution in [0, 0.1) is 34.6 Å². The van der Waals surface area contributed by atoms with E-state index >= 15 is 0 Å². The Morgan fingerprint density at radius 1 is 0.611 bits per heavy atom. The minimum absolute atomic E-state index is 0.764. The van der Waals surface area contributed by atoms with E-state index < -0.39 is 0 Å². The van der Waals surface area contributed by atoms with Crippen molar-refractivity contribution >= 4 is 19.2 Å². The Bertz CT molecular complexity index is 582. The van der Waals surface area contributed by atoms with Gasteiger partial charge in [0.2, 0.25) is 0 Å². The van der Waals surface area contributed by atoms with Crippen LogP contribution in [0.4, 0.5) is 0 Å². The van der Waals surface area contributed by atoms with Crippen LogP contribution in [-0.2, 0) is 0 Å². The largest absolute Gasteiger partial charge is 0.0613 e. The standard InChI is InChI=1S/C17H21P/c1-11-7-6-8-16(14(11)4)18-17-10-9-12(2)13(3)15(17)5/h6-10,18H,1-5H3. The van der Waals surface area contributed by atoms with E-state index in [1.54, 1.807) is 0 Å². The first-order valence-corrected chi connectivity index (χ1v) is 7.40. The maximum Gasteiger partial charge on any atom is -0.0194 e. The second-order valence-electron chi connectivity index (χ2n) is 5.05. The number of hydrogen-bond acceptors (Lipinski definition) is 0. The topological polar surface area (TPSA) is 0 Å². The van der Waals surface area contributed by atoms with Crippen molar-refractivity contribution in [3.63, 3.8) is 0 Å². The lowest BCUT2D eigenvalue weighted by atomic mass is 10.1. The van der Waals surface area contributed by atoms with Gasteiger partial charge in [-0.15, -0.1) is 0 Å². The number of rotatable bonds is 2. The van der Waals surface area contributed by atoms with Crippen molar-refractivity contribution in [2.45, 2.75) is 34.6 Å². The van der Waals surface area contributed by atoms with Crippen LogP contribution in [0.15, 0.2) is 30.3 Å². The fraction of sp³-hybridized carbons (Fsp3) is 0.294. The van der Waals surface area contributed by atoms with Crippen molar-refractivity contribution in [1.29, 1.82) is 0 Å². The summed E-state index contributed by atoms with van der Waals surface area (Å²) in [5, 5.41) is 2.95. The molecule has 0 amide bonds. The average Bonchev–Trinajstić information content (AvgIpc) is 2.35. The van der Waals surface area contributed by atoms with Crippen molar-refractivity contribution in [2.75, 3.05) is 0 Å². The highest BCUT2D eigenvalue weighted by Crippen LogP contribution is 2.20. The van der Waals surface area contributed by atoms with Crippen molar-refractivity contribution in [2.24, 2.45) is 0 Å². The highest BCUT2D eigenvalue weighted by molar-refractivity contribution is 7.55. The van der Waals surface area contributed by atoms with Crippen molar-refractivity contribution in [3.8, 4) is 0 Å². The molecule has 1 atom stereocenters. The predicted molar refractivity (Wildman–Crippen MR) is 84.2 cm³/mol. The normalized spacial score (nSPS) is 11.4. The van der Waals surface area contributed by atoms with Gasteiger partial charge < -0.3 is 0 Å². The van der Waals surface area contributed by atoms with Crippen molar-refractivity contribution in [3.05, 3.63) is 58.1 Å². The Labute approximate surface area is 112 Å². The van der Waals surface area contributed by atoms with Gasteiger partial charge in [-0.25, -0.2) is 0 Å². The van der Waals surface area contributed by atoms with Gasteiger partial charge in [0.15, 0.2) is 0 Å². The van der Waals surface area contributed by atoms with E-state index in [0.29, 0.717) is 0 Å². The van der Waals surface area contributed by atoms with Gasteiger partial charge in [0.05, 0.1) is 0 Å². The van der Waals surface area contributed by atoms with E-state index in [0.717, 1.165) is 8.58 Å². The highest BCUT2D eigenvalue weighted by Gasteiger charge is 2.07. The molecule has 0 nitrogen and oxygen atoms in total. The van der Waals surface area contributed by atoms with Gasteiger partial charge in [0.1, 0.15) is 0 Å². The molecule has 0 spiro atoms. The smallest absolute Gasteiger partial charge is 0.0194 e. The summed E-state index contributed by atoms with van der Waals surface area (Å²) in [6.45, 7) is 11.1. The Morgan fingerprint density at radius 2 is 1.22 bits per heavy atom. The number of hydrogen-bond donors (Lipinski definition) is 0. The maximum absolute atomic E-state index is 2.29. The van der Waals surface area contributed by atoms with Crippen LogP contribution in [-0.4, -0.2) is 0 Å². The zero-order valence-electron chi connectivity index (χ0n) is 11.9. The lowest BCUT2D eigenvalue weighted by molar-refractivity contribution is 1.29. The monoisotopic (exact) mass is 256 g/mol. The van der Waals surface area contributed by atoms with Gasteiger partial charge in [-0.3, -0.25) is 0 Å². The third-order valence-electron chi connectivity index (χ3n) is 3.93. The van der Waals surface area contributed by atoms with Crippen LogP contribution in [0.1, 0.15) is 27.8 Å². The molecule has 1 unspecified atom stereocenters. The molecular formula is C17H21P. The quantitative estimate of drug-likeness (QED) is 0.716. The zero-order valence-corrected chi connectivity index (χ0v) is 12.9. The third kappa shape index (κ3) is 2.49. The molecular weight excluding hydrogens is 235 g/mol. The molecule has 0 aliphatic carbocycles. The summed E-state index contributed by atoms with van der Waals surface area (Å²) in [5.41, 5.74) is 7.11. The van der Waals surface area contributed by atoms with E-state index in [9.17, 15) is 0 Å². The molecule has 18 heavy (non-hydrogen) atoms. The molecule has 94 valence electrons. The van der Waals surface area contributed by atoms with E-state index in [-0.39, 0.29) is 0 Å². The molecule has 0 radical (unpaired) electrons. The summed E-state index contributed by atoms with van der Waals surface area (Å²) in [6.07, 6.45) is 0. The Balaban J connectivity index is 2.41. The third-order valence-corrected chi connectivity index (χ3v) is 5.55. The van der Waals surface area contributed by atoms with Crippen LogP contribution in [0.25, 0.3) is 0 Å². The first kappa shape index (κ1) is 13.3. The van der Waals surface area contributed by atoms with E-state index in [1.807, 2.05) is 0 Å². The van der Waals surface area contributed by atoms with Gasteiger partial charge in [0.25, 0.3) is 0 Å². The van der Waals surface area contributed by atoms with Crippen LogP contribution in [0.3, 0.4) is 0 Å². The van der Waals surface area contributed by atoms with Crippen molar-refractivity contribution in [1.82, 2.24) is 0 Å². The fourth-order valence-electron chi connectivity index (χ4n) is 2.12. The number of benzene rings is 2. The SMILES string of the molecule is Cc1cccc(Pc2ccc(C)c(C)c2C)c1C. The summed E-state index contributed by atoms with van der Waals surface area (Å²) < 4.78 is 0. The second kappa shape index (κ2) is 5.24. The van der Waals surface area contributed by atoms with Crippen molar-refractivity contribution < 1.29 is 0 Å². The zero-order chi connectivity index (χ0) is 13.3. The lowest BCUT2D eigenvalue weighted by Gasteiger charge is -2.13. The Morgan fingerprint density at radius 3 is 1.94 bits per heavy atom. The molecule has 0 bridgehead atoms. The molecule has 0 saturated carbocycles. The van der Waals surface area contributed by atoms with Crippen LogP contribution < -0.4 is 10.6 Å². The second-order valence-corrected chi connectivity index (χ2v) is 6.38. The molecule has 1 heteroatoms. The lowest BCUT2D eigenvalue weighted by Crippen LogP contribution is -2.11. The predicted octanol–water partition coefficient (Wildman–Crippen LogP) is 3.86. The molecule has 2 rings (SSSR count). The van der Waals surface area contributed by atoms with Gasteiger partial charge in [-0.2, -0.15) is 0 Å². The first-order chi connectivity index (χ1) is 8.50. The molecule has 0 aliphatic heterocycles. The maximum atomic E-state index is 2.29. The van der Waals surface area contributed by atoms with Gasteiger partial charge >= 0.3 is 0 Å². The van der Waals surface area contributed by atoms with Gasteiger partial charge in [-0.05, 0) is 73.0 Å². The molecule has 0 aliphatic rings. The molecule has 0 fully saturated rings. The molecule has 2 aromatic carbocycles. The van der Waals surface area contributed by atoms with E-state index in [4.69, 9.17) is 0 Å². The molecule has 0 N–H and O–H groups in total. The van der Waals surface area contributed by atoms with E-state index in [2.05, 4.69) is 65.0 Å². The summed E-state index contributed by atoms with van der Waals surface area (Å²) in [5.74, 6) is 0. The summed E-state index contributed by atoms with van der Waals surface area (Å²) in [6, 6.07) is 11.2. The minimum Gasteiger partial charge on any atom is -0.0613 e. The molecule has 0 aromatic heterocycles. The molecule has 2 aromatic rings. The van der Waals surface area contributed by atoms with Crippen LogP contribution in [0.5, 0.6) is 0 Å². The van der Waals surface area contributed by atoms with E-state index in [1.165, 1.54) is 38.4 Å². The summed E-state index contributed by atoms with van der Waals surface area (Å²) >= 11 is 0. The Hall–Kier alpha value is -1.13. The minimum atomic E-state index is 0.764. The van der Waals surface area contributed by atoms with Gasteiger partial charge in [-0.1, -0.05) is 38.9 Å². The fourth-order valence-corrected chi connectivity index (χ4v) is 3.52. The van der Waals surface area contributed by atoms with Gasteiger partial charge in [0, 0.05) is 0 Å². The highest BCUT2D eigenvalue weighted by atomic mass is 31.1. The summed E-state index contributed by atoms with van der Waals surface area (Å²) in [7, 11) is 0.764. The van der Waals surface area contributed by atoms with Crippen LogP contribution in [0.2, 0.25) is 0 Å². The molecule has 0 saturated heterocycles. The average molecular weight is 256 g/mol. The summed E-state index contributed by atoms with van der Waals surface area (Å²) in [4.78, 5) is 0. The first-order valence-electron chi connectivity index (χ1n) is 6.40. The number of aryl methyl sites for hydroxylation is 2. The Kier molecular flexibility index (Phi) is 3.88. The van der Waals surface area contributed by atoms with Crippen LogP contribution >= 0.6 is 8.58 Å². The molecule has 0 heterocycles.